The number of allylic oxidation sites excluding steroid dienone is 1. The van der Waals surface area contributed by atoms with Crippen LogP contribution in [0, 0.1) is 22.7 Å². The van der Waals surface area contributed by atoms with E-state index in [4.69, 9.17) is 0 Å². The number of hydrogen-bond donors (Lipinski definition) is 0. The maximum atomic E-state index is 12.8. The molecule has 0 saturated carbocycles. The molecule has 0 saturated heterocycles. The summed E-state index contributed by atoms with van der Waals surface area (Å²) in [7, 11) is 0. The lowest BCUT2D eigenvalue weighted by molar-refractivity contribution is 1.02. The zero-order valence-electron chi connectivity index (χ0n) is 40.5. The number of aromatic nitrogens is 4. The van der Waals surface area contributed by atoms with Crippen LogP contribution in [-0.2, 0) is 6.42 Å². The van der Waals surface area contributed by atoms with Gasteiger partial charge in [-0.05, 0) is 73.0 Å². The largest absolute Gasteiger partial charge is 0.306 e. The molecule has 6 nitrogen and oxygen atoms in total. The lowest BCUT2D eigenvalue weighted by Gasteiger charge is -2.27. The molecular formula is C68H38N6S2. The molecule has 0 N–H and O–H groups in total. The molecule has 0 amide bonds. The second-order valence-corrected chi connectivity index (χ2v) is 22.1. The number of thiophene rings is 2. The van der Waals surface area contributed by atoms with Gasteiger partial charge in [-0.2, -0.15) is 10.5 Å². The summed E-state index contributed by atoms with van der Waals surface area (Å²) in [4.78, 5) is 1.40. The van der Waals surface area contributed by atoms with Crippen molar-refractivity contribution >= 4 is 146 Å². The molecule has 0 radical (unpaired) electrons. The van der Waals surface area contributed by atoms with E-state index in [9.17, 15) is 10.5 Å². The fourth-order valence-corrected chi connectivity index (χ4v) is 15.9. The Kier molecular flexibility index (Phi) is 8.47. The topological polar surface area (TPSA) is 67.3 Å². The lowest BCUT2D eigenvalue weighted by atomic mass is 9.98. The Bertz CT molecular complexity index is 5290. The van der Waals surface area contributed by atoms with Crippen LogP contribution >= 0.6 is 22.7 Å². The van der Waals surface area contributed by atoms with Crippen LogP contribution in [0.2, 0.25) is 0 Å². The van der Waals surface area contributed by atoms with Gasteiger partial charge in [-0.3, -0.25) is 0 Å². The van der Waals surface area contributed by atoms with E-state index in [0.717, 1.165) is 100 Å². The first-order valence-electron chi connectivity index (χ1n) is 25.7. The molecule has 0 fully saturated rings. The summed E-state index contributed by atoms with van der Waals surface area (Å²) >= 11 is 3.70. The highest BCUT2D eigenvalue weighted by Gasteiger charge is 2.35. The van der Waals surface area contributed by atoms with Crippen molar-refractivity contribution in [2.75, 3.05) is 0 Å². The van der Waals surface area contributed by atoms with E-state index >= 15 is 0 Å². The average molecular weight is 1000 g/mol. The zero-order valence-corrected chi connectivity index (χ0v) is 42.2. The molecule has 8 heteroatoms. The van der Waals surface area contributed by atoms with Crippen LogP contribution in [0.25, 0.3) is 146 Å². The Balaban J connectivity index is 1.17. The van der Waals surface area contributed by atoms with Gasteiger partial charge in [-0.15, -0.1) is 22.7 Å². The van der Waals surface area contributed by atoms with Gasteiger partial charge in [0.05, 0.1) is 66.9 Å². The molecule has 6 heterocycles. The summed E-state index contributed by atoms with van der Waals surface area (Å²) in [6.07, 6.45) is 6.62. The fraction of sp³-hybridized carbons (Fsp3) is 0.0294. The van der Waals surface area contributed by atoms with E-state index in [1.165, 1.54) is 40.7 Å². The third-order valence-corrected chi connectivity index (χ3v) is 18.8. The van der Waals surface area contributed by atoms with Gasteiger partial charge in [-0.25, -0.2) is 0 Å². The molecule has 6 aromatic heterocycles. The van der Waals surface area contributed by atoms with Crippen LogP contribution in [0.3, 0.4) is 0 Å². The first-order valence-corrected chi connectivity index (χ1v) is 27.3. The fourth-order valence-electron chi connectivity index (χ4n) is 13.3. The van der Waals surface area contributed by atoms with Crippen molar-refractivity contribution < 1.29 is 0 Å². The Morgan fingerprint density at radius 2 is 0.711 bits per heavy atom. The highest BCUT2D eigenvalue weighted by molar-refractivity contribution is 7.26. The van der Waals surface area contributed by atoms with Gasteiger partial charge in [0.1, 0.15) is 23.3 Å². The number of benzene rings is 10. The SMILES string of the molecule is N#Cc1c(-n2c3ccccc3c3ccccc32)c(-n2c3ccccc3c3c4sc5ccccc5c4ccc32)c(C#N)c(-n2c3ccccc3c3ccccc32)c1-n1c2ccccc2c2c3sc4c(c3ccc21)C=CCC4. The number of aryl methyl sites for hydroxylation is 1. The van der Waals surface area contributed by atoms with E-state index in [1.54, 1.807) is 0 Å². The minimum absolute atomic E-state index is 0.445. The second kappa shape index (κ2) is 15.4. The maximum Gasteiger partial charge on any atom is 0.104 e. The smallest absolute Gasteiger partial charge is 0.104 e. The molecule has 0 aliphatic heterocycles. The molecule has 17 rings (SSSR count). The predicted octanol–water partition coefficient (Wildman–Crippen LogP) is 18.4. The second-order valence-electron chi connectivity index (χ2n) is 20.0. The molecular weight excluding hydrogens is 965 g/mol. The van der Waals surface area contributed by atoms with Crippen molar-refractivity contribution in [1.82, 2.24) is 18.3 Å². The summed E-state index contributed by atoms with van der Waals surface area (Å²) in [5, 5.41) is 37.9. The van der Waals surface area contributed by atoms with E-state index in [2.05, 4.69) is 237 Å². The lowest BCUT2D eigenvalue weighted by Crippen LogP contribution is -2.16. The van der Waals surface area contributed by atoms with Gasteiger partial charge in [0.2, 0.25) is 0 Å². The molecule has 1 aliphatic rings. The van der Waals surface area contributed by atoms with Crippen molar-refractivity contribution in [2.24, 2.45) is 0 Å². The number of fused-ring (bicyclic) bond motifs is 20. The highest BCUT2D eigenvalue weighted by Crippen LogP contribution is 2.52. The molecule has 76 heavy (non-hydrogen) atoms. The van der Waals surface area contributed by atoms with E-state index in [1.807, 2.05) is 22.7 Å². The van der Waals surface area contributed by atoms with Gasteiger partial charge >= 0.3 is 0 Å². The quantitative estimate of drug-likeness (QED) is 0.176. The summed E-state index contributed by atoms with van der Waals surface area (Å²) in [6, 6.07) is 74.9. The van der Waals surface area contributed by atoms with Crippen LogP contribution < -0.4 is 0 Å². The van der Waals surface area contributed by atoms with Crippen LogP contribution in [0.4, 0.5) is 0 Å². The van der Waals surface area contributed by atoms with E-state index in [-0.39, 0.29) is 0 Å². The zero-order chi connectivity index (χ0) is 49.9. The summed E-state index contributed by atoms with van der Waals surface area (Å²) < 4.78 is 12.8. The van der Waals surface area contributed by atoms with Crippen LogP contribution in [0.1, 0.15) is 28.0 Å². The van der Waals surface area contributed by atoms with Gasteiger partial charge < -0.3 is 18.3 Å². The third kappa shape index (κ3) is 5.31. The van der Waals surface area contributed by atoms with Crippen molar-refractivity contribution in [3.8, 4) is 34.9 Å². The normalized spacial score (nSPS) is 12.8. The monoisotopic (exact) mass is 1000 g/mol. The molecule has 0 spiro atoms. The first kappa shape index (κ1) is 41.7. The Morgan fingerprint density at radius 3 is 1.17 bits per heavy atom. The van der Waals surface area contributed by atoms with Crippen LogP contribution in [0.5, 0.6) is 0 Å². The molecule has 10 aromatic carbocycles. The van der Waals surface area contributed by atoms with Crippen molar-refractivity contribution in [3.63, 3.8) is 0 Å². The van der Waals surface area contributed by atoms with Crippen molar-refractivity contribution in [3.05, 3.63) is 222 Å². The summed E-state index contributed by atoms with van der Waals surface area (Å²) in [5.41, 5.74) is 12.3. The Morgan fingerprint density at radius 1 is 0.342 bits per heavy atom. The van der Waals surface area contributed by atoms with Gasteiger partial charge in [0.25, 0.3) is 0 Å². The van der Waals surface area contributed by atoms with Crippen LogP contribution in [0.15, 0.2) is 200 Å². The standard InChI is InChI=1S/C68H38N6S2/c69-37-49-63(71-51-25-9-1-17-39(51)40-18-2-10-26-52(40)71)65(73-55-29-13-5-23-47(55)61-57(73)35-33-45-43-21-7-15-31-59(43)75-67(45)61)50(38-70)64(72-53-27-11-3-19-41(53)42-20-4-12-28-54(42)72)66(49)74-56-30-14-6-24-48(56)62-58(74)36-34-46-44-22-8-16-32-60(44)76-68(46)62/h1-15,17-31,33-36H,16,32H2. The predicted molar refractivity (Wildman–Crippen MR) is 319 cm³/mol. The average Bonchev–Trinajstić information content (AvgIpc) is 4.43. The minimum Gasteiger partial charge on any atom is -0.306 e. The van der Waals surface area contributed by atoms with Gasteiger partial charge in [0, 0.05) is 78.2 Å². The van der Waals surface area contributed by atoms with Gasteiger partial charge in [0.15, 0.2) is 0 Å². The minimum atomic E-state index is 0.445. The number of rotatable bonds is 4. The molecule has 0 bridgehead atoms. The Hall–Kier alpha value is -9.70. The van der Waals surface area contributed by atoms with Crippen molar-refractivity contribution in [2.45, 2.75) is 12.8 Å². The number of hydrogen-bond acceptors (Lipinski definition) is 4. The van der Waals surface area contributed by atoms with E-state index in [0.29, 0.717) is 33.9 Å². The molecule has 1 aliphatic carbocycles. The molecule has 352 valence electrons. The molecule has 0 atom stereocenters. The Labute approximate surface area is 441 Å². The molecule has 0 unspecified atom stereocenters. The number of nitrogens with zero attached hydrogens (tertiary/aromatic N) is 6. The van der Waals surface area contributed by atoms with E-state index < -0.39 is 0 Å². The summed E-state index contributed by atoms with van der Waals surface area (Å²) in [6.45, 7) is 0. The summed E-state index contributed by atoms with van der Waals surface area (Å²) in [5.74, 6) is 0. The maximum absolute atomic E-state index is 12.8. The van der Waals surface area contributed by atoms with Crippen molar-refractivity contribution in [1.29, 1.82) is 10.5 Å². The number of nitriles is 2. The van der Waals surface area contributed by atoms with Crippen LogP contribution in [-0.4, -0.2) is 18.3 Å². The first-order chi connectivity index (χ1) is 37.7. The van der Waals surface area contributed by atoms with Gasteiger partial charge in [-0.1, -0.05) is 152 Å². The molecule has 16 aromatic rings. The highest BCUT2D eigenvalue weighted by atomic mass is 32.1. The number of para-hydroxylation sites is 6. The third-order valence-electron chi connectivity index (χ3n) is 16.3.